The third-order valence-electron chi connectivity index (χ3n) is 15.0. The molecule has 25 nitrogen and oxygen atoms in total. The van der Waals surface area contributed by atoms with Gasteiger partial charge in [-0.15, -0.1) is 0 Å². The first-order chi connectivity index (χ1) is 38.2. The Balaban J connectivity index is 1.65. The van der Waals surface area contributed by atoms with Crippen molar-refractivity contribution in [3.63, 3.8) is 0 Å². The van der Waals surface area contributed by atoms with Gasteiger partial charge in [0.05, 0.1) is 111 Å². The summed E-state index contributed by atoms with van der Waals surface area (Å²) >= 11 is 0. The van der Waals surface area contributed by atoms with E-state index in [9.17, 15) is 91.3 Å². The van der Waals surface area contributed by atoms with E-state index in [2.05, 4.69) is 10.6 Å². The van der Waals surface area contributed by atoms with Gasteiger partial charge in [-0.2, -0.15) is 0 Å². The fourth-order valence-corrected chi connectivity index (χ4v) is 9.91. The van der Waals surface area contributed by atoms with Gasteiger partial charge in [-0.25, -0.2) is 0 Å². The normalized spacial score (nSPS) is 45.0. The van der Waals surface area contributed by atoms with Crippen molar-refractivity contribution >= 4 is 11.9 Å². The highest BCUT2D eigenvalue weighted by Gasteiger charge is 2.53. The van der Waals surface area contributed by atoms with E-state index >= 15 is 0 Å². The van der Waals surface area contributed by atoms with Gasteiger partial charge in [0.2, 0.25) is 11.7 Å². The van der Waals surface area contributed by atoms with Crippen LogP contribution in [0.2, 0.25) is 0 Å². The molecule has 462 valence electrons. The molecule has 25 heteroatoms. The highest BCUT2D eigenvalue weighted by molar-refractivity contribution is 5.80. The molecule has 0 aromatic heterocycles. The second-order valence-corrected chi connectivity index (χ2v) is 21.8. The molecule has 81 heavy (non-hydrogen) atoms. The van der Waals surface area contributed by atoms with Gasteiger partial charge in [-0.3, -0.25) is 9.59 Å². The standard InChI is InChI=1S/C56H90N2O23/c1-31-17-15-13-11-9-7-5-6-8-10-12-14-16-18-39(80-54-51(72)47(49(70)34(4)79-54)58-30-56(76)52(73)50(71)43(67)29-77-56)24-44-46(53(74)57-27-38(63)28-59)42(66)26-55(75,81-44)25-37(62)22-41(65)40(64)20-19-35(60)21-36(61)23-45(68)78-33(3)32(2)48(31)69/h5-18,31-44,46-52,54,58-67,69-73,75-76H,19-30H2,1-4H3,(H,57,74)/b6-5+,9-7+,10-8+,13-11+,14-12+,17-15+,18-16+/t31-,32?,33-,34+,35+,36+,37-,38?,39-,40+,41+,42-,43+,44?,46?,47-,48+,49+,50+,51-,52-,54-,55+,56+/m0/s1. The molecule has 18 N–H and O–H groups in total. The zero-order chi connectivity index (χ0) is 60.2. The maximum atomic E-state index is 13.8. The third-order valence-corrected chi connectivity index (χ3v) is 15.0. The fraction of sp³-hybridized carbons (Fsp3) is 0.714. The smallest absolute Gasteiger partial charge is 0.308 e. The summed E-state index contributed by atoms with van der Waals surface area (Å²) in [6.07, 6.45) is -6.03. The van der Waals surface area contributed by atoms with Crippen molar-refractivity contribution in [2.75, 3.05) is 26.3 Å². The average molecular weight is 1160 g/mol. The van der Waals surface area contributed by atoms with E-state index < -0.39 is 210 Å². The fourth-order valence-electron chi connectivity index (χ4n) is 9.91. The van der Waals surface area contributed by atoms with Gasteiger partial charge in [-0.1, -0.05) is 98.9 Å². The molecule has 0 radical (unpaired) electrons. The number of hydrogen-bond donors (Lipinski definition) is 18. The number of ether oxygens (including phenoxy) is 5. The second-order valence-electron chi connectivity index (χ2n) is 21.8. The maximum absolute atomic E-state index is 13.8. The summed E-state index contributed by atoms with van der Waals surface area (Å²) in [5, 5.41) is 178. The first-order valence-electron chi connectivity index (χ1n) is 27.6. The molecular weight excluding hydrogens is 1070 g/mol. The van der Waals surface area contributed by atoms with E-state index in [4.69, 9.17) is 23.7 Å². The molecule has 4 aliphatic heterocycles. The van der Waals surface area contributed by atoms with Crippen molar-refractivity contribution in [1.82, 2.24) is 10.6 Å². The number of nitrogens with one attached hydrogen (secondary N) is 2. The zero-order valence-corrected chi connectivity index (χ0v) is 46.3. The summed E-state index contributed by atoms with van der Waals surface area (Å²) in [6.45, 7) is 4.17. The molecule has 1 amide bonds. The van der Waals surface area contributed by atoms with E-state index in [1.165, 1.54) is 19.1 Å². The van der Waals surface area contributed by atoms with E-state index in [0.717, 1.165) is 0 Å². The molecule has 4 rings (SSSR count). The number of carbonyl (C=O) groups excluding carboxylic acids is 2. The Morgan fingerprint density at radius 3 is 1.90 bits per heavy atom. The summed E-state index contributed by atoms with van der Waals surface area (Å²) in [4.78, 5) is 26.6. The Bertz CT molecular complexity index is 2110. The van der Waals surface area contributed by atoms with E-state index in [1.807, 2.05) is 6.92 Å². The van der Waals surface area contributed by atoms with Crippen molar-refractivity contribution in [2.45, 2.75) is 207 Å². The number of esters is 1. The Morgan fingerprint density at radius 1 is 0.679 bits per heavy atom. The lowest BCUT2D eigenvalue weighted by Gasteiger charge is -2.47. The molecule has 4 unspecified atom stereocenters. The predicted molar refractivity (Wildman–Crippen MR) is 288 cm³/mol. The number of carbonyl (C=O) groups is 2. The van der Waals surface area contributed by atoms with Gasteiger partial charge in [0, 0.05) is 44.1 Å². The molecule has 4 heterocycles. The zero-order valence-electron chi connectivity index (χ0n) is 46.3. The van der Waals surface area contributed by atoms with Crippen LogP contribution in [0.15, 0.2) is 85.1 Å². The largest absolute Gasteiger partial charge is 0.462 e. The summed E-state index contributed by atoms with van der Waals surface area (Å²) in [5.41, 5.74) is 0. The highest BCUT2D eigenvalue weighted by atomic mass is 16.7. The Morgan fingerprint density at radius 2 is 1.28 bits per heavy atom. The quantitative estimate of drug-likeness (QED) is 0.0998. The van der Waals surface area contributed by atoms with Crippen LogP contribution < -0.4 is 10.6 Å². The molecular formula is C56H90N2O23. The molecule has 0 aliphatic carbocycles. The van der Waals surface area contributed by atoms with Gasteiger partial charge in [-0.05, 0) is 33.1 Å². The topological polar surface area (TPSA) is 428 Å². The van der Waals surface area contributed by atoms with E-state index in [0.29, 0.717) is 0 Å². The minimum atomic E-state index is -2.49. The minimum Gasteiger partial charge on any atom is -0.462 e. The number of hydrogen-bond acceptors (Lipinski definition) is 24. The lowest BCUT2D eigenvalue weighted by molar-refractivity contribution is -0.323. The summed E-state index contributed by atoms with van der Waals surface area (Å²) in [6, 6.07) is -1.38. The van der Waals surface area contributed by atoms with Crippen LogP contribution in [0.4, 0.5) is 0 Å². The van der Waals surface area contributed by atoms with Crippen LogP contribution >= 0.6 is 0 Å². The third kappa shape index (κ3) is 22.0. The monoisotopic (exact) mass is 1160 g/mol. The minimum absolute atomic E-state index is 0.156. The van der Waals surface area contributed by atoms with Crippen LogP contribution in [0, 0.1) is 17.8 Å². The number of aliphatic hydroxyl groups excluding tert-OH is 14. The Hall–Kier alpha value is -3.72. The predicted octanol–water partition coefficient (Wildman–Crippen LogP) is -3.47. The van der Waals surface area contributed by atoms with Crippen LogP contribution in [-0.4, -0.2) is 248 Å². The van der Waals surface area contributed by atoms with Crippen molar-refractivity contribution in [1.29, 1.82) is 0 Å². The van der Waals surface area contributed by atoms with Gasteiger partial charge in [0.25, 0.3) is 0 Å². The molecule has 3 fully saturated rings. The number of rotatable bonds is 9. The lowest BCUT2D eigenvalue weighted by Crippen LogP contribution is -2.69. The first-order valence-corrected chi connectivity index (χ1v) is 27.6. The van der Waals surface area contributed by atoms with Gasteiger partial charge in [0.1, 0.15) is 30.5 Å². The van der Waals surface area contributed by atoms with Gasteiger partial charge >= 0.3 is 5.97 Å². The Kier molecular flexibility index (Phi) is 29.0. The van der Waals surface area contributed by atoms with Crippen LogP contribution in [0.1, 0.15) is 79.1 Å². The van der Waals surface area contributed by atoms with Crippen LogP contribution in [0.3, 0.4) is 0 Å². The lowest BCUT2D eigenvalue weighted by atomic mass is 9.82. The number of aliphatic hydroxyl groups is 16. The molecule has 24 atom stereocenters. The molecule has 4 aliphatic rings. The van der Waals surface area contributed by atoms with Crippen LogP contribution in [0.5, 0.6) is 0 Å². The van der Waals surface area contributed by atoms with E-state index in [-0.39, 0.29) is 25.2 Å². The molecule has 0 aromatic carbocycles. The first kappa shape index (κ1) is 69.8. The van der Waals surface area contributed by atoms with Gasteiger partial charge < -0.3 is 116 Å². The molecule has 0 spiro atoms. The van der Waals surface area contributed by atoms with Crippen molar-refractivity contribution in [3.05, 3.63) is 85.1 Å². The molecule has 0 aromatic rings. The average Bonchev–Trinajstić information content (AvgIpc) is 3.53. The summed E-state index contributed by atoms with van der Waals surface area (Å²) < 4.78 is 29.1. The van der Waals surface area contributed by atoms with Crippen molar-refractivity contribution in [3.8, 4) is 0 Å². The Labute approximate surface area is 472 Å². The second kappa shape index (κ2) is 33.7. The SMILES string of the molecule is CC1[C@H](C)OC(=O)C[C@H](O)C[C@H](O)CC[C@@H](O)[C@H](O)C[C@H](O)C[C@]2(O)C[C@H](O)C(C(=O)NCC(O)CO)C(C[C@@H](O[C@@H]3O[C@H](C)[C@@H](O)[C@H](NC[C@@]4(O)OC[C@@H](O)[C@@H](O)[C@@H]4O)[C@@H]3O)/C=C/C=C/C=C/C=C/C=C/C=C/C=C/[C@H](C)[C@H]1O)O2. The number of amides is 1. The van der Waals surface area contributed by atoms with Crippen LogP contribution in [0.25, 0.3) is 0 Å². The highest BCUT2D eigenvalue weighted by Crippen LogP contribution is 2.38. The van der Waals surface area contributed by atoms with Gasteiger partial charge in [0.15, 0.2) is 12.1 Å². The number of allylic oxidation sites excluding steroid dienone is 12. The maximum Gasteiger partial charge on any atom is 0.308 e. The summed E-state index contributed by atoms with van der Waals surface area (Å²) in [7, 11) is 0. The number of cyclic esters (lactones) is 1. The van der Waals surface area contributed by atoms with E-state index in [1.54, 1.807) is 86.8 Å². The van der Waals surface area contributed by atoms with Crippen LogP contribution in [-0.2, 0) is 33.3 Å². The summed E-state index contributed by atoms with van der Waals surface area (Å²) in [5.74, 6) is -8.93. The number of fused-ring (bicyclic) bond motifs is 2. The molecule has 2 bridgehead atoms. The van der Waals surface area contributed by atoms with Crippen molar-refractivity contribution in [2.24, 2.45) is 17.8 Å². The molecule has 0 saturated carbocycles. The molecule has 3 saturated heterocycles. The van der Waals surface area contributed by atoms with Crippen molar-refractivity contribution < 1.29 is 115 Å².